The minimum absolute atomic E-state index is 0.284. The summed E-state index contributed by atoms with van der Waals surface area (Å²) in [5.41, 5.74) is 0. The van der Waals surface area contributed by atoms with E-state index in [1.165, 1.54) is 6.21 Å². The van der Waals surface area contributed by atoms with Gasteiger partial charge in [0, 0.05) is 0 Å². The average Bonchev–Trinajstić information content (AvgIpc) is 2.74. The molecule has 0 fully saturated rings. The van der Waals surface area contributed by atoms with Crippen LogP contribution in [0.1, 0.15) is 5.76 Å². The number of nitrogens with zero attached hydrogens (tertiary/aromatic N) is 4. The van der Waals surface area contributed by atoms with E-state index in [0.717, 1.165) is 0 Å². The van der Waals surface area contributed by atoms with E-state index < -0.39 is 0 Å². The number of hydrogen-bond acceptors (Lipinski definition) is 5. The predicted octanol–water partition coefficient (Wildman–Crippen LogP) is 0.543. The third kappa shape index (κ3) is 1.36. The van der Waals surface area contributed by atoms with Crippen LogP contribution in [0.5, 0.6) is 0 Å². The number of aliphatic imine (C=N–C) groups is 1. The molecule has 2 rings (SSSR count). The molecule has 12 heavy (non-hydrogen) atoms. The molecule has 0 spiro atoms. The Balaban J connectivity index is 2.14. The second-order valence-electron chi connectivity index (χ2n) is 1.99. The summed E-state index contributed by atoms with van der Waals surface area (Å²) in [4.78, 5) is 3.87. The van der Waals surface area contributed by atoms with Crippen molar-refractivity contribution < 1.29 is 4.42 Å². The van der Waals surface area contributed by atoms with Gasteiger partial charge in [0.2, 0.25) is 0 Å². The molecule has 0 aliphatic rings. The van der Waals surface area contributed by atoms with Crippen LogP contribution in [0.25, 0.3) is 0 Å². The van der Waals surface area contributed by atoms with E-state index >= 15 is 0 Å². The number of aromatic nitrogens is 4. The van der Waals surface area contributed by atoms with Gasteiger partial charge in [0.25, 0.3) is 5.95 Å². The van der Waals surface area contributed by atoms with Gasteiger partial charge in [0.05, 0.1) is 12.5 Å². The first kappa shape index (κ1) is 6.71. The van der Waals surface area contributed by atoms with Crippen molar-refractivity contribution in [2.24, 2.45) is 4.99 Å². The van der Waals surface area contributed by atoms with E-state index in [1.807, 2.05) is 0 Å². The molecule has 0 amide bonds. The summed E-state index contributed by atoms with van der Waals surface area (Å²) in [7, 11) is 0. The molecule has 60 valence electrons. The molecule has 0 saturated heterocycles. The minimum atomic E-state index is 0.284. The molecule has 0 radical (unpaired) electrons. The molecule has 2 aromatic heterocycles. The summed E-state index contributed by atoms with van der Waals surface area (Å²) in [6, 6.07) is 3.56. The van der Waals surface area contributed by atoms with Crippen molar-refractivity contribution in [2.75, 3.05) is 0 Å². The van der Waals surface area contributed by atoms with Crippen molar-refractivity contribution in [1.29, 1.82) is 0 Å². The fourth-order valence-corrected chi connectivity index (χ4v) is 0.697. The number of H-pyrrole nitrogens is 1. The van der Waals surface area contributed by atoms with Crippen LogP contribution < -0.4 is 0 Å². The summed E-state index contributed by atoms with van der Waals surface area (Å²) in [6.45, 7) is 0. The van der Waals surface area contributed by atoms with Gasteiger partial charge in [0.15, 0.2) is 0 Å². The molecule has 0 aromatic carbocycles. The van der Waals surface area contributed by atoms with Gasteiger partial charge < -0.3 is 4.42 Å². The fourth-order valence-electron chi connectivity index (χ4n) is 0.697. The van der Waals surface area contributed by atoms with E-state index in [2.05, 4.69) is 25.6 Å². The van der Waals surface area contributed by atoms with Crippen molar-refractivity contribution in [3.05, 3.63) is 24.2 Å². The summed E-state index contributed by atoms with van der Waals surface area (Å²) in [5, 5.41) is 12.9. The van der Waals surface area contributed by atoms with Crippen LogP contribution in [0.2, 0.25) is 0 Å². The van der Waals surface area contributed by atoms with E-state index in [-0.39, 0.29) is 5.95 Å². The average molecular weight is 163 g/mol. The van der Waals surface area contributed by atoms with Gasteiger partial charge in [-0.15, -0.1) is 5.10 Å². The molecular formula is C6H5N5O. The molecule has 2 aromatic rings. The number of furan rings is 1. The first-order valence-corrected chi connectivity index (χ1v) is 3.26. The van der Waals surface area contributed by atoms with Crippen LogP contribution >= 0.6 is 0 Å². The van der Waals surface area contributed by atoms with Crippen molar-refractivity contribution in [3.63, 3.8) is 0 Å². The molecule has 0 atom stereocenters. The molecule has 6 nitrogen and oxygen atoms in total. The van der Waals surface area contributed by atoms with Gasteiger partial charge in [-0.1, -0.05) is 5.10 Å². The summed E-state index contributed by atoms with van der Waals surface area (Å²) >= 11 is 0. The molecule has 0 unspecified atom stereocenters. The normalized spacial score (nSPS) is 11.0. The Morgan fingerprint density at radius 1 is 1.58 bits per heavy atom. The maximum Gasteiger partial charge on any atom is 0.288 e. The summed E-state index contributed by atoms with van der Waals surface area (Å²) < 4.78 is 5.00. The monoisotopic (exact) mass is 163 g/mol. The first-order valence-electron chi connectivity index (χ1n) is 3.26. The highest BCUT2D eigenvalue weighted by atomic mass is 16.3. The lowest BCUT2D eigenvalue weighted by Gasteiger charge is -1.79. The van der Waals surface area contributed by atoms with E-state index in [1.54, 1.807) is 18.4 Å². The maximum atomic E-state index is 5.00. The number of rotatable bonds is 2. The highest BCUT2D eigenvalue weighted by Crippen LogP contribution is 2.00. The molecule has 6 heteroatoms. The third-order valence-electron chi connectivity index (χ3n) is 1.18. The van der Waals surface area contributed by atoms with E-state index in [0.29, 0.717) is 5.76 Å². The van der Waals surface area contributed by atoms with Crippen LogP contribution in [0, 0.1) is 0 Å². The predicted molar refractivity (Wildman–Crippen MR) is 40.1 cm³/mol. The van der Waals surface area contributed by atoms with Gasteiger partial charge in [-0.2, -0.15) is 5.21 Å². The van der Waals surface area contributed by atoms with Gasteiger partial charge in [-0.3, -0.25) is 0 Å². The first-order chi connectivity index (χ1) is 5.95. The Hall–Kier alpha value is -1.98. The number of aromatic amines is 1. The SMILES string of the molecule is C(=N\c1nn[nH]n1)/c1ccco1. The molecule has 0 saturated carbocycles. The lowest BCUT2D eigenvalue weighted by molar-refractivity contribution is 0.560. The van der Waals surface area contributed by atoms with E-state index in [4.69, 9.17) is 4.42 Å². The van der Waals surface area contributed by atoms with Crippen LogP contribution in [0.4, 0.5) is 5.95 Å². The smallest absolute Gasteiger partial charge is 0.288 e. The van der Waals surface area contributed by atoms with Crippen LogP contribution in [0.15, 0.2) is 27.8 Å². The van der Waals surface area contributed by atoms with Gasteiger partial charge in [-0.25, -0.2) is 4.99 Å². The van der Waals surface area contributed by atoms with Gasteiger partial charge >= 0.3 is 0 Å². The van der Waals surface area contributed by atoms with Crippen molar-refractivity contribution >= 4 is 12.2 Å². The Bertz CT molecular complexity index is 313. The zero-order valence-corrected chi connectivity index (χ0v) is 6.01. The van der Waals surface area contributed by atoms with Crippen LogP contribution in [-0.4, -0.2) is 26.8 Å². The van der Waals surface area contributed by atoms with Crippen molar-refractivity contribution in [2.45, 2.75) is 0 Å². The van der Waals surface area contributed by atoms with Gasteiger partial charge in [-0.05, 0) is 17.3 Å². The standard InChI is InChI=1S/C6H5N5O/c1-2-5(12-3-1)4-7-6-8-10-11-9-6/h1-4H,(H,8,9,10,11)/b7-4+. The Morgan fingerprint density at radius 2 is 2.58 bits per heavy atom. The lowest BCUT2D eigenvalue weighted by atomic mass is 10.5. The molecule has 0 bridgehead atoms. The van der Waals surface area contributed by atoms with Crippen molar-refractivity contribution in [1.82, 2.24) is 20.6 Å². The quantitative estimate of drug-likeness (QED) is 0.655. The molecule has 0 aliphatic carbocycles. The maximum absolute atomic E-state index is 5.00. The fraction of sp³-hybridized carbons (Fsp3) is 0. The van der Waals surface area contributed by atoms with Gasteiger partial charge in [0.1, 0.15) is 5.76 Å². The summed E-state index contributed by atoms with van der Waals surface area (Å²) in [5.74, 6) is 0.936. The number of hydrogen-bond donors (Lipinski definition) is 1. The zero-order valence-electron chi connectivity index (χ0n) is 6.01. The second-order valence-corrected chi connectivity index (χ2v) is 1.99. The van der Waals surface area contributed by atoms with Crippen molar-refractivity contribution in [3.8, 4) is 0 Å². The lowest BCUT2D eigenvalue weighted by Crippen LogP contribution is -1.74. The Morgan fingerprint density at radius 3 is 3.25 bits per heavy atom. The second kappa shape index (κ2) is 2.95. The highest BCUT2D eigenvalue weighted by molar-refractivity contribution is 5.77. The summed E-state index contributed by atoms with van der Waals surface area (Å²) in [6.07, 6.45) is 3.09. The van der Waals surface area contributed by atoms with Crippen LogP contribution in [-0.2, 0) is 0 Å². The van der Waals surface area contributed by atoms with E-state index in [9.17, 15) is 0 Å². The largest absolute Gasteiger partial charge is 0.463 e. The molecule has 1 N–H and O–H groups in total. The topological polar surface area (TPSA) is 80.0 Å². The minimum Gasteiger partial charge on any atom is -0.463 e. The molecule has 2 heterocycles. The zero-order chi connectivity index (χ0) is 8.23. The number of nitrogens with one attached hydrogen (secondary N) is 1. The third-order valence-corrected chi connectivity index (χ3v) is 1.18. The highest BCUT2D eigenvalue weighted by Gasteiger charge is 1.92. The Labute approximate surface area is 67.3 Å². The Kier molecular flexibility index (Phi) is 1.65. The molecule has 0 aliphatic heterocycles. The molecular weight excluding hydrogens is 158 g/mol. The number of tetrazole rings is 1. The van der Waals surface area contributed by atoms with Crippen LogP contribution in [0.3, 0.4) is 0 Å².